The van der Waals surface area contributed by atoms with E-state index in [0.29, 0.717) is 29.4 Å². The minimum atomic E-state index is -0.566. The number of nitro benzene ring substituents is 1. The second-order valence-electron chi connectivity index (χ2n) is 5.71. The van der Waals surface area contributed by atoms with Gasteiger partial charge in [0.15, 0.2) is 0 Å². The summed E-state index contributed by atoms with van der Waals surface area (Å²) in [4.78, 5) is 23.0. The number of benzene rings is 2. The number of nitrogens with zero attached hydrogens (tertiary/aromatic N) is 1. The number of anilines is 1. The van der Waals surface area contributed by atoms with Crippen molar-refractivity contribution in [3.8, 4) is 17.2 Å². The van der Waals surface area contributed by atoms with Crippen LogP contribution in [0.25, 0.3) is 6.08 Å². The SMILES string of the molecule is CCCOc1ccc(NC(=O)/C=C/c2cc(OC)ccc2OC)c([N+](=O)[O-])c1. The Morgan fingerprint density at radius 2 is 1.89 bits per heavy atom. The fourth-order valence-electron chi connectivity index (χ4n) is 2.39. The first-order valence-corrected chi connectivity index (χ1v) is 8.60. The molecule has 0 spiro atoms. The van der Waals surface area contributed by atoms with Gasteiger partial charge in [-0.3, -0.25) is 14.9 Å². The van der Waals surface area contributed by atoms with Crippen molar-refractivity contribution >= 4 is 23.4 Å². The lowest BCUT2D eigenvalue weighted by molar-refractivity contribution is -0.384. The maximum atomic E-state index is 12.2. The summed E-state index contributed by atoms with van der Waals surface area (Å²) >= 11 is 0. The minimum Gasteiger partial charge on any atom is -0.497 e. The molecule has 1 amide bonds. The Morgan fingerprint density at radius 1 is 1.14 bits per heavy atom. The quantitative estimate of drug-likeness (QED) is 0.396. The van der Waals surface area contributed by atoms with E-state index in [-0.39, 0.29) is 11.4 Å². The number of carbonyl (C=O) groups excluding carboxylic acids is 1. The van der Waals surface area contributed by atoms with Crippen LogP contribution in [0.1, 0.15) is 18.9 Å². The van der Waals surface area contributed by atoms with Crippen LogP contribution >= 0.6 is 0 Å². The van der Waals surface area contributed by atoms with Gasteiger partial charge in [0.05, 0.1) is 31.8 Å². The zero-order chi connectivity index (χ0) is 20.5. The molecule has 1 N–H and O–H groups in total. The smallest absolute Gasteiger partial charge is 0.296 e. The fourth-order valence-corrected chi connectivity index (χ4v) is 2.39. The number of rotatable bonds is 9. The Balaban J connectivity index is 2.18. The topological polar surface area (TPSA) is 99.9 Å². The maximum Gasteiger partial charge on any atom is 0.296 e. The summed E-state index contributed by atoms with van der Waals surface area (Å²) in [7, 11) is 3.06. The van der Waals surface area contributed by atoms with Gasteiger partial charge < -0.3 is 19.5 Å². The number of carbonyl (C=O) groups is 1. The van der Waals surface area contributed by atoms with E-state index in [1.165, 1.54) is 32.4 Å². The van der Waals surface area contributed by atoms with Crippen LogP contribution in [0.4, 0.5) is 11.4 Å². The van der Waals surface area contributed by atoms with Crippen LogP contribution in [-0.2, 0) is 4.79 Å². The van der Waals surface area contributed by atoms with Crippen molar-refractivity contribution in [2.24, 2.45) is 0 Å². The van der Waals surface area contributed by atoms with E-state index >= 15 is 0 Å². The Labute approximate surface area is 162 Å². The fraction of sp³-hybridized carbons (Fsp3) is 0.250. The van der Waals surface area contributed by atoms with E-state index in [2.05, 4.69) is 5.32 Å². The second-order valence-corrected chi connectivity index (χ2v) is 5.71. The van der Waals surface area contributed by atoms with Crippen molar-refractivity contribution in [1.29, 1.82) is 0 Å². The first-order valence-electron chi connectivity index (χ1n) is 8.60. The summed E-state index contributed by atoms with van der Waals surface area (Å²) in [6.07, 6.45) is 3.59. The van der Waals surface area contributed by atoms with Gasteiger partial charge in [0.25, 0.3) is 5.69 Å². The summed E-state index contributed by atoms with van der Waals surface area (Å²) in [6, 6.07) is 9.48. The van der Waals surface area contributed by atoms with Crippen LogP contribution in [0.5, 0.6) is 17.2 Å². The van der Waals surface area contributed by atoms with Crippen molar-refractivity contribution in [2.45, 2.75) is 13.3 Å². The van der Waals surface area contributed by atoms with E-state index in [4.69, 9.17) is 14.2 Å². The Kier molecular flexibility index (Phi) is 7.38. The van der Waals surface area contributed by atoms with Gasteiger partial charge in [-0.05, 0) is 42.8 Å². The molecular weight excluding hydrogens is 364 g/mol. The molecule has 148 valence electrons. The van der Waals surface area contributed by atoms with E-state index in [1.807, 2.05) is 6.92 Å². The van der Waals surface area contributed by atoms with Crippen LogP contribution in [-0.4, -0.2) is 31.7 Å². The van der Waals surface area contributed by atoms with Crippen LogP contribution in [0.15, 0.2) is 42.5 Å². The lowest BCUT2D eigenvalue weighted by Crippen LogP contribution is -2.10. The van der Waals surface area contributed by atoms with Gasteiger partial charge in [0, 0.05) is 11.6 Å². The molecule has 8 nitrogen and oxygen atoms in total. The van der Waals surface area contributed by atoms with Gasteiger partial charge >= 0.3 is 0 Å². The van der Waals surface area contributed by atoms with Crippen LogP contribution in [0, 0.1) is 10.1 Å². The first kappa shape index (κ1) is 20.8. The molecule has 0 fully saturated rings. The summed E-state index contributed by atoms with van der Waals surface area (Å²) in [6.45, 7) is 2.39. The molecule has 2 rings (SSSR count). The molecule has 0 aliphatic heterocycles. The maximum absolute atomic E-state index is 12.2. The van der Waals surface area contributed by atoms with Crippen LogP contribution in [0.2, 0.25) is 0 Å². The number of nitrogens with one attached hydrogen (secondary N) is 1. The molecule has 0 saturated carbocycles. The van der Waals surface area contributed by atoms with Gasteiger partial charge in [-0.2, -0.15) is 0 Å². The highest BCUT2D eigenvalue weighted by Gasteiger charge is 2.16. The summed E-state index contributed by atoms with van der Waals surface area (Å²) < 4.78 is 15.8. The predicted octanol–water partition coefficient (Wildman–Crippen LogP) is 4.05. The van der Waals surface area contributed by atoms with Gasteiger partial charge in [-0.1, -0.05) is 6.92 Å². The molecular formula is C20H22N2O6. The van der Waals surface area contributed by atoms with Crippen molar-refractivity contribution < 1.29 is 23.9 Å². The molecule has 8 heteroatoms. The monoisotopic (exact) mass is 386 g/mol. The van der Waals surface area contributed by atoms with Crippen molar-refractivity contribution in [2.75, 3.05) is 26.1 Å². The Bertz CT molecular complexity index is 879. The molecule has 28 heavy (non-hydrogen) atoms. The minimum absolute atomic E-state index is 0.0844. The average molecular weight is 386 g/mol. The summed E-state index contributed by atoms with van der Waals surface area (Å²) in [5, 5.41) is 13.8. The summed E-state index contributed by atoms with van der Waals surface area (Å²) in [5.74, 6) is 1.03. The average Bonchev–Trinajstić information content (AvgIpc) is 2.70. The van der Waals surface area contributed by atoms with Crippen molar-refractivity contribution in [3.63, 3.8) is 0 Å². The zero-order valence-corrected chi connectivity index (χ0v) is 15.9. The number of ether oxygens (including phenoxy) is 3. The van der Waals surface area contributed by atoms with Crippen LogP contribution in [0.3, 0.4) is 0 Å². The molecule has 0 aliphatic rings. The summed E-state index contributed by atoms with van der Waals surface area (Å²) in [5.41, 5.74) is 0.477. The third-order valence-electron chi connectivity index (χ3n) is 3.75. The zero-order valence-electron chi connectivity index (χ0n) is 15.9. The Hall–Kier alpha value is -3.55. The first-order chi connectivity index (χ1) is 13.5. The molecule has 0 bridgehead atoms. The van der Waals surface area contributed by atoms with Gasteiger partial charge in [-0.15, -0.1) is 0 Å². The predicted molar refractivity (Wildman–Crippen MR) is 106 cm³/mol. The number of hydrogen-bond acceptors (Lipinski definition) is 6. The highest BCUT2D eigenvalue weighted by molar-refractivity contribution is 6.03. The lowest BCUT2D eigenvalue weighted by Gasteiger charge is -2.08. The molecule has 0 unspecified atom stereocenters. The molecule has 0 aliphatic carbocycles. The molecule has 2 aromatic carbocycles. The number of nitro groups is 1. The van der Waals surface area contributed by atoms with Gasteiger partial charge in [-0.25, -0.2) is 0 Å². The highest BCUT2D eigenvalue weighted by atomic mass is 16.6. The van der Waals surface area contributed by atoms with Crippen LogP contribution < -0.4 is 19.5 Å². The van der Waals surface area contributed by atoms with E-state index in [0.717, 1.165) is 6.42 Å². The van der Waals surface area contributed by atoms with E-state index in [1.54, 1.807) is 30.3 Å². The molecule has 0 atom stereocenters. The normalized spacial score (nSPS) is 10.5. The number of hydrogen-bond donors (Lipinski definition) is 1. The number of amides is 1. The van der Waals surface area contributed by atoms with Gasteiger partial charge in [0.2, 0.25) is 5.91 Å². The largest absolute Gasteiger partial charge is 0.497 e. The third kappa shape index (κ3) is 5.47. The van der Waals surface area contributed by atoms with E-state index in [9.17, 15) is 14.9 Å². The number of methoxy groups -OCH3 is 2. The van der Waals surface area contributed by atoms with Gasteiger partial charge in [0.1, 0.15) is 22.9 Å². The molecule has 0 radical (unpaired) electrons. The van der Waals surface area contributed by atoms with Crippen molar-refractivity contribution in [3.05, 3.63) is 58.2 Å². The highest BCUT2D eigenvalue weighted by Crippen LogP contribution is 2.29. The molecule has 2 aromatic rings. The molecule has 0 aromatic heterocycles. The Morgan fingerprint density at radius 3 is 2.54 bits per heavy atom. The molecule has 0 heterocycles. The second kappa shape index (κ2) is 9.96. The van der Waals surface area contributed by atoms with E-state index < -0.39 is 10.8 Å². The lowest BCUT2D eigenvalue weighted by atomic mass is 10.1. The standard InChI is InChI=1S/C20H22N2O6/c1-4-11-28-16-6-8-17(18(13-16)22(24)25)21-20(23)10-5-14-12-15(26-2)7-9-19(14)27-3/h5-10,12-13H,4,11H2,1-3H3,(H,21,23)/b10-5+. The third-order valence-corrected chi connectivity index (χ3v) is 3.75. The molecule has 0 saturated heterocycles. The van der Waals surface area contributed by atoms with Crippen molar-refractivity contribution in [1.82, 2.24) is 0 Å².